The van der Waals surface area contributed by atoms with E-state index in [0.717, 1.165) is 37.0 Å². The van der Waals surface area contributed by atoms with Crippen LogP contribution in [-0.4, -0.2) is 12.6 Å². The average molecular weight is 286 g/mol. The van der Waals surface area contributed by atoms with Crippen molar-refractivity contribution in [3.8, 4) is 0 Å². The van der Waals surface area contributed by atoms with Gasteiger partial charge in [0.1, 0.15) is 11.4 Å². The number of rotatable bonds is 3. The lowest BCUT2D eigenvalue weighted by molar-refractivity contribution is -0.139. The Morgan fingerprint density at radius 1 is 1.33 bits per heavy atom. The van der Waals surface area contributed by atoms with Gasteiger partial charge in [-0.05, 0) is 38.7 Å². The molecule has 1 aliphatic carbocycles. The number of esters is 1. The molecule has 3 nitrogen and oxygen atoms in total. The second kappa shape index (κ2) is 5.55. The molecule has 0 aromatic heterocycles. The SMILES string of the molecule is CCOC(=O)C1=C(C)O[C@@]2(c3ccccc3)CCCC[C@@H]12. The van der Waals surface area contributed by atoms with Gasteiger partial charge in [0.15, 0.2) is 0 Å². The first-order valence-corrected chi connectivity index (χ1v) is 7.81. The smallest absolute Gasteiger partial charge is 0.337 e. The average Bonchev–Trinajstić information content (AvgIpc) is 2.81. The molecule has 0 unspecified atom stereocenters. The van der Waals surface area contributed by atoms with Crippen molar-refractivity contribution < 1.29 is 14.3 Å². The fraction of sp³-hybridized carbons (Fsp3) is 0.500. The molecule has 1 fully saturated rings. The highest BCUT2D eigenvalue weighted by atomic mass is 16.5. The molecule has 0 saturated heterocycles. The van der Waals surface area contributed by atoms with E-state index in [4.69, 9.17) is 9.47 Å². The van der Waals surface area contributed by atoms with E-state index >= 15 is 0 Å². The molecule has 1 aromatic rings. The summed E-state index contributed by atoms with van der Waals surface area (Å²) in [6.07, 6.45) is 4.22. The molecule has 0 bridgehead atoms. The fourth-order valence-electron chi connectivity index (χ4n) is 3.84. The normalized spacial score (nSPS) is 28.0. The molecule has 3 rings (SSSR count). The van der Waals surface area contributed by atoms with E-state index < -0.39 is 0 Å². The quantitative estimate of drug-likeness (QED) is 0.790. The summed E-state index contributed by atoms with van der Waals surface area (Å²) in [6.45, 7) is 4.14. The Bertz CT molecular complexity index is 561. The lowest BCUT2D eigenvalue weighted by Gasteiger charge is -2.39. The molecule has 21 heavy (non-hydrogen) atoms. The van der Waals surface area contributed by atoms with Crippen LogP contribution in [0.1, 0.15) is 45.1 Å². The van der Waals surface area contributed by atoms with Crippen molar-refractivity contribution in [2.45, 2.75) is 45.1 Å². The van der Waals surface area contributed by atoms with Crippen molar-refractivity contribution in [1.82, 2.24) is 0 Å². The first kappa shape index (κ1) is 14.2. The van der Waals surface area contributed by atoms with Gasteiger partial charge in [-0.15, -0.1) is 0 Å². The van der Waals surface area contributed by atoms with Crippen LogP contribution in [0.2, 0.25) is 0 Å². The van der Waals surface area contributed by atoms with Crippen LogP contribution in [0.4, 0.5) is 0 Å². The lowest BCUT2D eigenvalue weighted by atomic mass is 9.69. The molecule has 1 heterocycles. The van der Waals surface area contributed by atoms with Gasteiger partial charge < -0.3 is 9.47 Å². The molecule has 0 spiro atoms. The van der Waals surface area contributed by atoms with Crippen molar-refractivity contribution in [3.63, 3.8) is 0 Å². The predicted molar refractivity (Wildman–Crippen MR) is 80.5 cm³/mol. The van der Waals surface area contributed by atoms with Crippen molar-refractivity contribution in [2.75, 3.05) is 6.61 Å². The third-order valence-electron chi connectivity index (χ3n) is 4.67. The number of ether oxygens (including phenoxy) is 2. The van der Waals surface area contributed by atoms with Crippen molar-refractivity contribution in [2.24, 2.45) is 5.92 Å². The van der Waals surface area contributed by atoms with Crippen LogP contribution >= 0.6 is 0 Å². The highest BCUT2D eigenvalue weighted by Gasteiger charge is 2.53. The van der Waals surface area contributed by atoms with Gasteiger partial charge in [0.25, 0.3) is 0 Å². The van der Waals surface area contributed by atoms with Crippen LogP contribution in [0.15, 0.2) is 41.7 Å². The summed E-state index contributed by atoms with van der Waals surface area (Å²) >= 11 is 0. The zero-order chi connectivity index (χ0) is 14.9. The maximum Gasteiger partial charge on any atom is 0.337 e. The standard InChI is InChI=1S/C18H22O3/c1-3-20-17(19)16-13(2)21-18(12-8-7-11-15(16)18)14-9-5-4-6-10-14/h4-6,9-10,15H,3,7-8,11-12H2,1-2H3/t15-,18+/m0/s1. The Labute approximate surface area is 125 Å². The molecule has 1 saturated carbocycles. The Hall–Kier alpha value is -1.77. The van der Waals surface area contributed by atoms with Gasteiger partial charge in [-0.3, -0.25) is 0 Å². The number of allylic oxidation sites excluding steroid dienone is 1. The highest BCUT2D eigenvalue weighted by molar-refractivity contribution is 5.90. The second-order valence-electron chi connectivity index (χ2n) is 5.85. The number of hydrogen-bond acceptors (Lipinski definition) is 3. The highest BCUT2D eigenvalue weighted by Crippen LogP contribution is 2.54. The molecule has 0 N–H and O–H groups in total. The van der Waals surface area contributed by atoms with E-state index in [2.05, 4.69) is 12.1 Å². The number of carbonyl (C=O) groups excluding carboxylic acids is 1. The van der Waals surface area contributed by atoms with Gasteiger partial charge in [-0.1, -0.05) is 36.8 Å². The summed E-state index contributed by atoms with van der Waals surface area (Å²) in [4.78, 5) is 12.3. The van der Waals surface area contributed by atoms with Gasteiger partial charge in [0, 0.05) is 5.92 Å². The summed E-state index contributed by atoms with van der Waals surface area (Å²) in [6, 6.07) is 10.3. The molecule has 112 valence electrons. The summed E-state index contributed by atoms with van der Waals surface area (Å²) in [5.74, 6) is 0.650. The molecule has 0 amide bonds. The summed E-state index contributed by atoms with van der Waals surface area (Å²) in [5, 5.41) is 0. The molecule has 0 radical (unpaired) electrons. The van der Waals surface area contributed by atoms with Gasteiger partial charge in [-0.25, -0.2) is 4.79 Å². The minimum atomic E-state index is -0.369. The summed E-state index contributed by atoms with van der Waals surface area (Å²) in [7, 11) is 0. The number of hydrogen-bond donors (Lipinski definition) is 0. The molecule has 1 aliphatic heterocycles. The first-order valence-electron chi connectivity index (χ1n) is 7.81. The zero-order valence-electron chi connectivity index (χ0n) is 12.7. The van der Waals surface area contributed by atoms with E-state index in [1.807, 2.05) is 32.0 Å². The van der Waals surface area contributed by atoms with Gasteiger partial charge in [0.05, 0.1) is 12.2 Å². The van der Waals surface area contributed by atoms with Crippen LogP contribution in [0.5, 0.6) is 0 Å². The fourth-order valence-corrected chi connectivity index (χ4v) is 3.84. The topological polar surface area (TPSA) is 35.5 Å². The number of carbonyl (C=O) groups is 1. The Balaban J connectivity index is 2.01. The Kier molecular flexibility index (Phi) is 3.75. The van der Waals surface area contributed by atoms with Crippen molar-refractivity contribution >= 4 is 5.97 Å². The maximum atomic E-state index is 12.3. The van der Waals surface area contributed by atoms with Crippen LogP contribution in [0.3, 0.4) is 0 Å². The second-order valence-corrected chi connectivity index (χ2v) is 5.85. The van der Waals surface area contributed by atoms with E-state index in [-0.39, 0.29) is 17.5 Å². The molecular formula is C18H22O3. The summed E-state index contributed by atoms with van der Waals surface area (Å²) in [5.41, 5.74) is 1.56. The molecule has 1 aromatic carbocycles. The molecule has 3 heteroatoms. The number of benzene rings is 1. The van der Waals surface area contributed by atoms with Crippen LogP contribution in [-0.2, 0) is 19.9 Å². The third kappa shape index (κ3) is 2.25. The van der Waals surface area contributed by atoms with Gasteiger partial charge in [0.2, 0.25) is 0 Å². The summed E-state index contributed by atoms with van der Waals surface area (Å²) < 4.78 is 11.5. The minimum Gasteiger partial charge on any atom is -0.486 e. The number of fused-ring (bicyclic) bond motifs is 1. The van der Waals surface area contributed by atoms with Crippen LogP contribution < -0.4 is 0 Å². The maximum absolute atomic E-state index is 12.3. The van der Waals surface area contributed by atoms with E-state index in [1.165, 1.54) is 5.56 Å². The molecule has 2 aliphatic rings. The third-order valence-corrected chi connectivity index (χ3v) is 4.67. The van der Waals surface area contributed by atoms with E-state index in [9.17, 15) is 4.79 Å². The predicted octanol–water partition coefficient (Wildman–Crippen LogP) is 3.94. The Morgan fingerprint density at radius 3 is 2.81 bits per heavy atom. The van der Waals surface area contributed by atoms with Gasteiger partial charge >= 0.3 is 5.97 Å². The van der Waals surface area contributed by atoms with Crippen molar-refractivity contribution in [1.29, 1.82) is 0 Å². The lowest BCUT2D eigenvalue weighted by Crippen LogP contribution is -2.38. The monoisotopic (exact) mass is 286 g/mol. The largest absolute Gasteiger partial charge is 0.486 e. The molecular weight excluding hydrogens is 264 g/mol. The van der Waals surface area contributed by atoms with Crippen LogP contribution in [0, 0.1) is 5.92 Å². The minimum absolute atomic E-state index is 0.118. The van der Waals surface area contributed by atoms with Crippen LogP contribution in [0.25, 0.3) is 0 Å². The van der Waals surface area contributed by atoms with E-state index in [1.54, 1.807) is 0 Å². The zero-order valence-corrected chi connectivity index (χ0v) is 12.7. The molecule has 2 atom stereocenters. The first-order chi connectivity index (χ1) is 10.2. The van der Waals surface area contributed by atoms with Gasteiger partial charge in [-0.2, -0.15) is 0 Å². The van der Waals surface area contributed by atoms with E-state index in [0.29, 0.717) is 6.61 Å². The van der Waals surface area contributed by atoms with Crippen molar-refractivity contribution in [3.05, 3.63) is 47.2 Å². The Morgan fingerprint density at radius 2 is 2.10 bits per heavy atom.